The largest absolute Gasteiger partial charge is 0.461 e. The molecular formula is C18H25FN2O4. The highest BCUT2D eigenvalue weighted by Gasteiger charge is 2.26. The molecule has 1 aromatic rings. The standard InChI is InChI=1S/C18H25FN2O4/c1-12(2)9-16(18(22)25-14-5-3-4-6-14)20-11-13-7-8-15(19)17(10-13)21(23)24/h7-8,10,12,14,16,20H,3-6,9,11H2,1-2H3/t16-/m0/s1. The molecule has 6 nitrogen and oxygen atoms in total. The van der Waals surface area contributed by atoms with E-state index in [9.17, 15) is 19.3 Å². The van der Waals surface area contributed by atoms with Crippen LogP contribution in [0.15, 0.2) is 18.2 Å². The molecule has 1 fully saturated rings. The lowest BCUT2D eigenvalue weighted by atomic mass is 10.0. The van der Waals surface area contributed by atoms with E-state index in [2.05, 4.69) is 5.32 Å². The number of hydrogen-bond acceptors (Lipinski definition) is 5. The van der Waals surface area contributed by atoms with Crippen LogP contribution in [0.25, 0.3) is 0 Å². The minimum atomic E-state index is -0.867. The Balaban J connectivity index is 2.00. The van der Waals surface area contributed by atoms with Crippen molar-refractivity contribution in [1.82, 2.24) is 5.32 Å². The molecule has 0 amide bonds. The molecule has 1 aliphatic carbocycles. The van der Waals surface area contributed by atoms with Gasteiger partial charge in [-0.3, -0.25) is 14.9 Å². The lowest BCUT2D eigenvalue weighted by Crippen LogP contribution is -2.40. The van der Waals surface area contributed by atoms with Crippen LogP contribution in [0.5, 0.6) is 0 Å². The van der Waals surface area contributed by atoms with E-state index in [0.29, 0.717) is 12.0 Å². The van der Waals surface area contributed by atoms with Crippen molar-refractivity contribution < 1.29 is 18.8 Å². The van der Waals surface area contributed by atoms with Gasteiger partial charge < -0.3 is 10.1 Å². The second-order valence-corrected chi connectivity index (χ2v) is 6.95. The van der Waals surface area contributed by atoms with E-state index in [1.54, 1.807) is 0 Å². The summed E-state index contributed by atoms with van der Waals surface area (Å²) < 4.78 is 19.0. The summed E-state index contributed by atoms with van der Waals surface area (Å²) in [4.78, 5) is 22.5. The number of rotatable bonds is 8. The number of carbonyl (C=O) groups excluding carboxylic acids is 1. The third kappa shape index (κ3) is 5.77. The molecule has 1 atom stereocenters. The van der Waals surface area contributed by atoms with Gasteiger partial charge in [0.2, 0.25) is 5.82 Å². The minimum Gasteiger partial charge on any atom is -0.461 e. The number of nitrogens with one attached hydrogen (secondary N) is 1. The van der Waals surface area contributed by atoms with Crippen molar-refractivity contribution in [2.75, 3.05) is 0 Å². The number of ether oxygens (including phenoxy) is 1. The maximum Gasteiger partial charge on any atom is 0.323 e. The summed E-state index contributed by atoms with van der Waals surface area (Å²) in [5, 5.41) is 13.9. The molecule has 2 rings (SSSR count). The van der Waals surface area contributed by atoms with Gasteiger partial charge in [-0.1, -0.05) is 19.9 Å². The molecule has 0 aromatic heterocycles. The van der Waals surface area contributed by atoms with Crippen LogP contribution in [0.3, 0.4) is 0 Å². The lowest BCUT2D eigenvalue weighted by molar-refractivity contribution is -0.387. The number of carbonyl (C=O) groups is 1. The number of nitro benzene ring substituents is 1. The van der Waals surface area contributed by atoms with Gasteiger partial charge in [0.15, 0.2) is 0 Å². The van der Waals surface area contributed by atoms with E-state index in [4.69, 9.17) is 4.74 Å². The molecule has 7 heteroatoms. The summed E-state index contributed by atoms with van der Waals surface area (Å²) in [5.74, 6) is -0.860. The van der Waals surface area contributed by atoms with Crippen molar-refractivity contribution >= 4 is 11.7 Å². The lowest BCUT2D eigenvalue weighted by Gasteiger charge is -2.21. The van der Waals surface area contributed by atoms with Gasteiger partial charge in [0.25, 0.3) is 0 Å². The molecule has 0 unspecified atom stereocenters. The first kappa shape index (κ1) is 19.3. The Hall–Kier alpha value is -2.02. The topological polar surface area (TPSA) is 81.5 Å². The molecule has 25 heavy (non-hydrogen) atoms. The SMILES string of the molecule is CC(C)C[C@H](NCc1ccc(F)c([N+](=O)[O-])c1)C(=O)OC1CCCC1. The first-order valence-corrected chi connectivity index (χ1v) is 8.73. The number of nitro groups is 1. The first-order valence-electron chi connectivity index (χ1n) is 8.73. The smallest absolute Gasteiger partial charge is 0.323 e. The van der Waals surface area contributed by atoms with E-state index in [0.717, 1.165) is 31.7 Å². The first-order chi connectivity index (χ1) is 11.9. The fourth-order valence-electron chi connectivity index (χ4n) is 3.04. The van der Waals surface area contributed by atoms with Crippen LogP contribution >= 0.6 is 0 Å². The van der Waals surface area contributed by atoms with Gasteiger partial charge in [-0.25, -0.2) is 0 Å². The molecule has 1 saturated carbocycles. The van der Waals surface area contributed by atoms with Gasteiger partial charge >= 0.3 is 11.7 Å². The van der Waals surface area contributed by atoms with Gasteiger partial charge in [0.1, 0.15) is 12.1 Å². The highest BCUT2D eigenvalue weighted by atomic mass is 19.1. The van der Waals surface area contributed by atoms with Crippen LogP contribution in [0.2, 0.25) is 0 Å². The van der Waals surface area contributed by atoms with E-state index in [1.165, 1.54) is 12.1 Å². The predicted molar refractivity (Wildman–Crippen MR) is 91.5 cm³/mol. The molecule has 138 valence electrons. The Bertz CT molecular complexity index is 615. The van der Waals surface area contributed by atoms with Crippen LogP contribution in [-0.4, -0.2) is 23.0 Å². The molecule has 1 aromatic carbocycles. The summed E-state index contributed by atoms with van der Waals surface area (Å²) in [6.45, 7) is 4.26. The second-order valence-electron chi connectivity index (χ2n) is 6.95. The number of nitrogens with zero attached hydrogens (tertiary/aromatic N) is 1. The predicted octanol–water partition coefficient (Wildman–Crippen LogP) is 3.72. The van der Waals surface area contributed by atoms with E-state index >= 15 is 0 Å². The van der Waals surface area contributed by atoms with Gasteiger partial charge in [0, 0.05) is 12.6 Å². The van der Waals surface area contributed by atoms with Gasteiger partial charge in [0.05, 0.1) is 4.92 Å². The zero-order valence-electron chi connectivity index (χ0n) is 14.7. The molecule has 1 aliphatic rings. The van der Waals surface area contributed by atoms with Gasteiger partial charge in [-0.15, -0.1) is 0 Å². The maximum atomic E-state index is 13.4. The van der Waals surface area contributed by atoms with Gasteiger partial charge in [-0.05, 0) is 49.7 Å². The van der Waals surface area contributed by atoms with Crippen molar-refractivity contribution in [3.8, 4) is 0 Å². The number of benzene rings is 1. The van der Waals surface area contributed by atoms with E-state index in [-0.39, 0.29) is 24.5 Å². The molecule has 0 bridgehead atoms. The Labute approximate surface area is 146 Å². The van der Waals surface area contributed by atoms with Crippen molar-refractivity contribution in [2.24, 2.45) is 5.92 Å². The third-order valence-corrected chi connectivity index (χ3v) is 4.34. The average molecular weight is 352 g/mol. The maximum absolute atomic E-state index is 13.4. The summed E-state index contributed by atoms with van der Waals surface area (Å²) in [7, 11) is 0. The Kier molecular flexibility index (Phi) is 6.87. The van der Waals surface area contributed by atoms with Crippen LogP contribution < -0.4 is 5.32 Å². The van der Waals surface area contributed by atoms with E-state index in [1.807, 2.05) is 13.8 Å². The molecule has 0 heterocycles. The molecule has 0 aliphatic heterocycles. The molecule has 0 saturated heterocycles. The van der Waals surface area contributed by atoms with Crippen LogP contribution in [0.4, 0.5) is 10.1 Å². The zero-order valence-corrected chi connectivity index (χ0v) is 14.7. The fraction of sp³-hybridized carbons (Fsp3) is 0.611. The molecule has 0 spiro atoms. The number of esters is 1. The monoisotopic (exact) mass is 352 g/mol. The van der Waals surface area contributed by atoms with Crippen LogP contribution in [0.1, 0.15) is 51.5 Å². The van der Waals surface area contributed by atoms with Crippen molar-refractivity contribution in [2.45, 2.75) is 64.6 Å². The van der Waals surface area contributed by atoms with Crippen molar-refractivity contribution in [1.29, 1.82) is 0 Å². The van der Waals surface area contributed by atoms with Crippen molar-refractivity contribution in [3.05, 3.63) is 39.7 Å². The highest BCUT2D eigenvalue weighted by Crippen LogP contribution is 2.22. The summed E-state index contributed by atoms with van der Waals surface area (Å²) in [6.07, 6.45) is 4.58. The normalized spacial score (nSPS) is 16.2. The third-order valence-electron chi connectivity index (χ3n) is 4.34. The van der Waals surface area contributed by atoms with Crippen LogP contribution in [-0.2, 0) is 16.1 Å². The summed E-state index contributed by atoms with van der Waals surface area (Å²) in [5.41, 5.74) is -0.0104. The molecule has 1 N–H and O–H groups in total. The van der Waals surface area contributed by atoms with Gasteiger partial charge in [-0.2, -0.15) is 4.39 Å². The Morgan fingerprint density at radius 2 is 2.08 bits per heavy atom. The van der Waals surface area contributed by atoms with Crippen LogP contribution in [0, 0.1) is 21.8 Å². The van der Waals surface area contributed by atoms with E-state index < -0.39 is 22.5 Å². The van der Waals surface area contributed by atoms with Crippen molar-refractivity contribution in [3.63, 3.8) is 0 Å². The Morgan fingerprint density at radius 3 is 2.68 bits per heavy atom. The molecular weight excluding hydrogens is 327 g/mol. The fourth-order valence-corrected chi connectivity index (χ4v) is 3.04. The average Bonchev–Trinajstić information content (AvgIpc) is 3.04. The summed E-state index contributed by atoms with van der Waals surface area (Å²) in [6, 6.07) is 3.26. The Morgan fingerprint density at radius 1 is 1.40 bits per heavy atom. The second kappa shape index (κ2) is 8.89. The number of hydrogen-bond donors (Lipinski definition) is 1. The summed E-state index contributed by atoms with van der Waals surface area (Å²) >= 11 is 0. The number of halogens is 1. The quantitative estimate of drug-likeness (QED) is 0.438. The molecule has 0 radical (unpaired) electrons. The zero-order chi connectivity index (χ0) is 18.4. The highest BCUT2D eigenvalue weighted by molar-refractivity contribution is 5.76. The minimum absolute atomic E-state index is 0.00382.